The van der Waals surface area contributed by atoms with Gasteiger partial charge in [-0.25, -0.2) is 4.39 Å². The largest absolute Gasteiger partial charge is 0.322 e. The molecule has 3 aromatic carbocycles. The summed E-state index contributed by atoms with van der Waals surface area (Å²) in [5, 5.41) is 2.81. The molecule has 0 saturated carbocycles. The summed E-state index contributed by atoms with van der Waals surface area (Å²) in [7, 11) is 2.16. The Morgan fingerprint density at radius 2 is 1.56 bits per heavy atom. The maximum Gasteiger partial charge on any atom is 0.258 e. The Hall–Kier alpha value is -3.02. The first-order valence-electron chi connectivity index (χ1n) is 11.2. The van der Waals surface area contributed by atoms with Gasteiger partial charge in [0.05, 0.1) is 5.56 Å². The number of carbonyl (C=O) groups excluding carboxylic acids is 1. The monoisotopic (exact) mass is 431 g/mol. The van der Waals surface area contributed by atoms with Crippen LogP contribution in [0.1, 0.15) is 21.5 Å². The molecule has 0 bridgehead atoms. The smallest absolute Gasteiger partial charge is 0.258 e. The molecule has 166 valence electrons. The van der Waals surface area contributed by atoms with Crippen molar-refractivity contribution in [2.45, 2.75) is 13.3 Å². The first-order chi connectivity index (χ1) is 15.5. The van der Waals surface area contributed by atoms with E-state index in [4.69, 9.17) is 0 Å². The Bertz CT molecular complexity index is 1060. The lowest BCUT2D eigenvalue weighted by Crippen LogP contribution is -2.45. The van der Waals surface area contributed by atoms with Gasteiger partial charge in [0.15, 0.2) is 0 Å². The van der Waals surface area contributed by atoms with E-state index in [1.54, 1.807) is 12.1 Å². The number of halogens is 1. The van der Waals surface area contributed by atoms with Gasteiger partial charge in [0.2, 0.25) is 0 Å². The molecule has 3 aromatic rings. The van der Waals surface area contributed by atoms with Crippen LogP contribution in [-0.2, 0) is 6.42 Å². The molecule has 1 fully saturated rings. The third-order valence-electron chi connectivity index (χ3n) is 6.12. The number of nitrogens with one attached hydrogen (secondary N) is 1. The van der Waals surface area contributed by atoms with Gasteiger partial charge in [0.25, 0.3) is 5.91 Å². The second-order valence-corrected chi connectivity index (χ2v) is 8.61. The average molecular weight is 432 g/mol. The number of rotatable bonds is 6. The highest BCUT2D eigenvalue weighted by Crippen LogP contribution is 2.23. The van der Waals surface area contributed by atoms with Crippen molar-refractivity contribution in [2.24, 2.45) is 0 Å². The van der Waals surface area contributed by atoms with E-state index >= 15 is 0 Å². The summed E-state index contributed by atoms with van der Waals surface area (Å²) in [6.07, 6.45) is 0.979. The van der Waals surface area contributed by atoms with Crippen molar-refractivity contribution in [3.63, 3.8) is 0 Å². The minimum Gasteiger partial charge on any atom is -0.322 e. The van der Waals surface area contributed by atoms with Crippen molar-refractivity contribution < 1.29 is 9.18 Å². The lowest BCUT2D eigenvalue weighted by molar-refractivity contribution is 0.102. The predicted octanol–water partition coefficient (Wildman–Crippen LogP) is 4.84. The van der Waals surface area contributed by atoms with Gasteiger partial charge in [-0.15, -0.1) is 0 Å². The van der Waals surface area contributed by atoms with Crippen molar-refractivity contribution >= 4 is 11.6 Å². The topological polar surface area (TPSA) is 35.6 Å². The average Bonchev–Trinajstić information content (AvgIpc) is 2.80. The summed E-state index contributed by atoms with van der Waals surface area (Å²) in [6.45, 7) is 7.51. The lowest BCUT2D eigenvalue weighted by Gasteiger charge is -2.32. The Balaban J connectivity index is 1.34. The third kappa shape index (κ3) is 5.61. The van der Waals surface area contributed by atoms with Crippen LogP contribution < -0.4 is 5.32 Å². The second-order valence-electron chi connectivity index (χ2n) is 8.61. The van der Waals surface area contributed by atoms with Crippen molar-refractivity contribution in [1.29, 1.82) is 0 Å². The van der Waals surface area contributed by atoms with Gasteiger partial charge in [-0.1, -0.05) is 48.0 Å². The number of amides is 1. The van der Waals surface area contributed by atoms with E-state index in [1.165, 1.54) is 11.6 Å². The first-order valence-corrected chi connectivity index (χ1v) is 11.2. The van der Waals surface area contributed by atoms with E-state index in [-0.39, 0.29) is 5.56 Å². The van der Waals surface area contributed by atoms with Crippen LogP contribution in [0.4, 0.5) is 10.1 Å². The number of likely N-dealkylation sites (N-methyl/N-ethyl adjacent to an activating group) is 1. The predicted molar refractivity (Wildman–Crippen MR) is 129 cm³/mol. The summed E-state index contributed by atoms with van der Waals surface area (Å²) >= 11 is 0. The van der Waals surface area contributed by atoms with E-state index in [1.807, 2.05) is 55.5 Å². The number of anilines is 1. The molecule has 0 spiro atoms. The lowest BCUT2D eigenvalue weighted by atomic mass is 10.0. The summed E-state index contributed by atoms with van der Waals surface area (Å²) in [4.78, 5) is 17.4. The fourth-order valence-corrected chi connectivity index (χ4v) is 3.94. The standard InChI is InChI=1S/C27H30FN3O/c1-20-3-7-22(8-4-20)23-9-12-25(26(28)19-23)27(32)29-24-10-5-21(6-11-24)13-14-31-17-15-30(2)16-18-31/h3-12,19H,13-18H2,1-2H3,(H,29,32). The van der Waals surface area contributed by atoms with E-state index < -0.39 is 11.7 Å². The highest BCUT2D eigenvalue weighted by Gasteiger charge is 2.15. The van der Waals surface area contributed by atoms with Crippen LogP contribution in [0, 0.1) is 12.7 Å². The first kappa shape index (κ1) is 22.2. The summed E-state index contributed by atoms with van der Waals surface area (Å²) in [6, 6.07) is 20.5. The van der Waals surface area contributed by atoms with Crippen LogP contribution in [0.5, 0.6) is 0 Å². The van der Waals surface area contributed by atoms with Gasteiger partial charge >= 0.3 is 0 Å². The molecule has 0 atom stereocenters. The number of nitrogens with zero attached hydrogens (tertiary/aromatic N) is 2. The maximum absolute atomic E-state index is 14.7. The Morgan fingerprint density at radius 3 is 2.22 bits per heavy atom. The van der Waals surface area contributed by atoms with Gasteiger partial charge in [-0.3, -0.25) is 4.79 Å². The molecule has 32 heavy (non-hydrogen) atoms. The number of carbonyl (C=O) groups is 1. The van der Waals surface area contributed by atoms with Crippen LogP contribution >= 0.6 is 0 Å². The number of hydrogen-bond donors (Lipinski definition) is 1. The highest BCUT2D eigenvalue weighted by atomic mass is 19.1. The van der Waals surface area contributed by atoms with Gasteiger partial charge < -0.3 is 15.1 Å². The quantitative estimate of drug-likeness (QED) is 0.606. The molecule has 5 heteroatoms. The van der Waals surface area contributed by atoms with Gasteiger partial charge in [-0.05, 0) is 61.3 Å². The Morgan fingerprint density at radius 1 is 0.906 bits per heavy atom. The van der Waals surface area contributed by atoms with Crippen LogP contribution in [-0.4, -0.2) is 55.5 Å². The number of hydrogen-bond acceptors (Lipinski definition) is 3. The van der Waals surface area contributed by atoms with Crippen molar-refractivity contribution in [3.8, 4) is 11.1 Å². The zero-order chi connectivity index (χ0) is 22.5. The molecule has 0 aromatic heterocycles. The fraction of sp³-hybridized carbons (Fsp3) is 0.296. The Labute approximate surface area is 189 Å². The van der Waals surface area contributed by atoms with E-state index in [0.29, 0.717) is 5.69 Å². The van der Waals surface area contributed by atoms with E-state index in [2.05, 4.69) is 22.2 Å². The van der Waals surface area contributed by atoms with Crippen molar-refractivity contribution in [3.05, 3.63) is 89.2 Å². The van der Waals surface area contributed by atoms with Crippen LogP contribution in [0.2, 0.25) is 0 Å². The molecule has 0 unspecified atom stereocenters. The molecule has 1 aliphatic rings. The molecule has 1 heterocycles. The van der Waals surface area contributed by atoms with Crippen LogP contribution in [0.15, 0.2) is 66.7 Å². The SMILES string of the molecule is Cc1ccc(-c2ccc(C(=O)Nc3ccc(CCN4CCN(C)CC4)cc3)c(F)c2)cc1. The molecule has 1 amide bonds. The van der Waals surface area contributed by atoms with Crippen LogP contribution in [0.25, 0.3) is 11.1 Å². The van der Waals surface area contributed by atoms with Gasteiger partial charge in [0, 0.05) is 38.4 Å². The molecular formula is C27H30FN3O. The minimum atomic E-state index is -0.524. The van der Waals surface area contributed by atoms with Gasteiger partial charge in [-0.2, -0.15) is 0 Å². The zero-order valence-corrected chi connectivity index (χ0v) is 18.8. The van der Waals surface area contributed by atoms with Crippen molar-refractivity contribution in [1.82, 2.24) is 9.80 Å². The van der Waals surface area contributed by atoms with E-state index in [9.17, 15) is 9.18 Å². The van der Waals surface area contributed by atoms with Crippen LogP contribution in [0.3, 0.4) is 0 Å². The molecule has 4 nitrogen and oxygen atoms in total. The number of benzene rings is 3. The molecule has 0 radical (unpaired) electrons. The molecule has 1 N–H and O–H groups in total. The van der Waals surface area contributed by atoms with Crippen molar-refractivity contribution in [2.75, 3.05) is 45.1 Å². The molecule has 1 aliphatic heterocycles. The summed E-state index contributed by atoms with van der Waals surface area (Å²) < 4.78 is 14.7. The number of aryl methyl sites for hydroxylation is 1. The molecule has 1 saturated heterocycles. The molecule has 4 rings (SSSR count). The molecular weight excluding hydrogens is 401 g/mol. The van der Waals surface area contributed by atoms with E-state index in [0.717, 1.165) is 55.8 Å². The minimum absolute atomic E-state index is 0.0417. The third-order valence-corrected chi connectivity index (χ3v) is 6.12. The fourth-order valence-electron chi connectivity index (χ4n) is 3.94. The zero-order valence-electron chi connectivity index (χ0n) is 18.8. The van der Waals surface area contributed by atoms with Gasteiger partial charge in [0.1, 0.15) is 5.82 Å². The maximum atomic E-state index is 14.7. The normalized spacial score (nSPS) is 15.0. The summed E-state index contributed by atoms with van der Waals surface area (Å²) in [5.41, 5.74) is 4.77. The molecule has 0 aliphatic carbocycles. The summed E-state index contributed by atoms with van der Waals surface area (Å²) in [5.74, 6) is -0.965. The number of piperazine rings is 1. The second kappa shape index (κ2) is 10.1. The highest BCUT2D eigenvalue weighted by molar-refractivity contribution is 6.04. The Kier molecular flexibility index (Phi) is 6.98.